The number of carboxylic acid groups (broad SMARTS) is 4. The zero-order valence-electron chi connectivity index (χ0n) is 10.4. The normalized spacial score (nSPS) is 12.7. The Morgan fingerprint density at radius 2 is 1.35 bits per heavy atom. The lowest BCUT2D eigenvalue weighted by atomic mass is 9.82. The molecule has 0 saturated heterocycles. The molecular weight excluding hydrogens is 276 g/mol. The minimum Gasteiger partial charge on any atom is -0.481 e. The number of nitrogens with one attached hydrogen (secondary N) is 1. The van der Waals surface area contributed by atoms with Crippen molar-refractivity contribution in [1.29, 1.82) is 0 Å². The van der Waals surface area contributed by atoms with Gasteiger partial charge in [0.1, 0.15) is 0 Å². The van der Waals surface area contributed by atoms with E-state index in [1.54, 1.807) is 0 Å². The second kappa shape index (κ2) is 7.40. The van der Waals surface area contributed by atoms with Crippen molar-refractivity contribution in [2.75, 3.05) is 6.54 Å². The summed E-state index contributed by atoms with van der Waals surface area (Å²) in [5, 5.41) is 37.1. The van der Waals surface area contributed by atoms with Crippen molar-refractivity contribution in [2.45, 2.75) is 30.8 Å². The zero-order valence-corrected chi connectivity index (χ0v) is 10.4. The Kier molecular flexibility index (Phi) is 6.59. The first-order chi connectivity index (χ1) is 9.06. The predicted octanol–water partition coefficient (Wildman–Crippen LogP) is -1.85. The summed E-state index contributed by atoms with van der Waals surface area (Å²) in [5.41, 5.74) is 3.77. The van der Waals surface area contributed by atoms with Crippen LogP contribution in [0.1, 0.15) is 19.3 Å². The maximum Gasteiger partial charge on any atom is 0.317 e. The van der Waals surface area contributed by atoms with Gasteiger partial charge in [0.05, 0.1) is 31.3 Å². The van der Waals surface area contributed by atoms with E-state index in [4.69, 9.17) is 26.2 Å². The molecule has 0 aliphatic rings. The van der Waals surface area contributed by atoms with Crippen LogP contribution >= 0.6 is 0 Å². The van der Waals surface area contributed by atoms with Crippen LogP contribution in [0, 0.1) is 0 Å². The third-order valence-electron chi connectivity index (χ3n) is 2.53. The van der Waals surface area contributed by atoms with E-state index in [0.29, 0.717) is 0 Å². The van der Waals surface area contributed by atoms with Crippen molar-refractivity contribution in [2.24, 2.45) is 5.73 Å². The van der Waals surface area contributed by atoms with Gasteiger partial charge in [-0.25, -0.2) is 0 Å². The van der Waals surface area contributed by atoms with Crippen molar-refractivity contribution in [3.8, 4) is 0 Å². The van der Waals surface area contributed by atoms with E-state index in [9.17, 15) is 19.2 Å². The van der Waals surface area contributed by atoms with E-state index in [-0.39, 0.29) is 0 Å². The van der Waals surface area contributed by atoms with Gasteiger partial charge in [-0.05, 0) is 0 Å². The van der Waals surface area contributed by atoms with E-state index >= 15 is 0 Å². The average molecular weight is 292 g/mol. The Bertz CT molecular complexity index is 392. The fraction of sp³-hybridized carbons (Fsp3) is 0.600. The highest BCUT2D eigenvalue weighted by Crippen LogP contribution is 2.20. The van der Waals surface area contributed by atoms with Crippen molar-refractivity contribution in [1.82, 2.24) is 5.32 Å². The Hall–Kier alpha value is -2.20. The second-order valence-corrected chi connectivity index (χ2v) is 4.30. The van der Waals surface area contributed by atoms with Gasteiger partial charge in [-0.3, -0.25) is 19.2 Å². The number of nitrogens with two attached hydrogens (primary N) is 1. The monoisotopic (exact) mass is 292 g/mol. The second-order valence-electron chi connectivity index (χ2n) is 4.30. The predicted molar refractivity (Wildman–Crippen MR) is 63.1 cm³/mol. The van der Waals surface area contributed by atoms with Gasteiger partial charge in [0.25, 0.3) is 0 Å². The first-order valence-corrected chi connectivity index (χ1v) is 5.46. The fourth-order valence-corrected chi connectivity index (χ4v) is 1.74. The SMILES string of the molecule is NC(CC(=O)O)(CC(=O)O)C(CC(=O)O)NCC(=O)O. The molecule has 10 heteroatoms. The molecule has 20 heavy (non-hydrogen) atoms. The molecule has 0 fully saturated rings. The molecule has 0 aliphatic heterocycles. The third kappa shape index (κ3) is 6.66. The maximum atomic E-state index is 10.8. The summed E-state index contributed by atoms with van der Waals surface area (Å²) < 4.78 is 0. The lowest BCUT2D eigenvalue weighted by Gasteiger charge is -2.34. The van der Waals surface area contributed by atoms with Crippen LogP contribution < -0.4 is 11.1 Å². The first-order valence-electron chi connectivity index (χ1n) is 5.46. The fourth-order valence-electron chi connectivity index (χ4n) is 1.74. The Labute approximate surface area is 113 Å². The van der Waals surface area contributed by atoms with Crippen LogP contribution in [-0.4, -0.2) is 62.4 Å². The topological polar surface area (TPSA) is 187 Å². The maximum absolute atomic E-state index is 10.8. The molecule has 0 aromatic rings. The van der Waals surface area contributed by atoms with Gasteiger partial charge in [0.2, 0.25) is 0 Å². The molecule has 1 atom stereocenters. The van der Waals surface area contributed by atoms with E-state index in [2.05, 4.69) is 5.32 Å². The minimum absolute atomic E-state index is 0.671. The molecule has 0 aromatic carbocycles. The zero-order chi connectivity index (χ0) is 15.9. The summed E-state index contributed by atoms with van der Waals surface area (Å²) in [6.45, 7) is -0.671. The third-order valence-corrected chi connectivity index (χ3v) is 2.53. The number of aliphatic carboxylic acids is 4. The molecule has 0 bridgehead atoms. The van der Waals surface area contributed by atoms with Gasteiger partial charge in [-0.2, -0.15) is 0 Å². The van der Waals surface area contributed by atoms with Gasteiger partial charge in [0, 0.05) is 6.04 Å². The Balaban J connectivity index is 5.23. The molecule has 0 saturated carbocycles. The van der Waals surface area contributed by atoms with E-state index in [1.807, 2.05) is 0 Å². The van der Waals surface area contributed by atoms with E-state index in [0.717, 1.165) is 0 Å². The number of hydrogen-bond donors (Lipinski definition) is 6. The standard InChI is InChI=1S/C10H16N2O8/c11-10(2-7(15)16,3-8(17)18)5(1-6(13)14)12-4-9(19)20/h5,12H,1-4,11H2,(H,13,14)(H,15,16)(H,17,18)(H,19,20). The van der Waals surface area contributed by atoms with Crippen LogP contribution in [0.2, 0.25) is 0 Å². The molecule has 0 aliphatic carbocycles. The molecule has 10 nitrogen and oxygen atoms in total. The molecule has 0 heterocycles. The van der Waals surface area contributed by atoms with E-state index < -0.39 is 61.3 Å². The lowest BCUT2D eigenvalue weighted by Crippen LogP contribution is -2.60. The van der Waals surface area contributed by atoms with Crippen LogP contribution in [0.4, 0.5) is 0 Å². The molecular formula is C10H16N2O8. The molecule has 7 N–H and O–H groups in total. The number of carboxylic acids is 4. The number of rotatable bonds is 10. The van der Waals surface area contributed by atoms with Crippen LogP contribution in [0.25, 0.3) is 0 Å². The quantitative estimate of drug-likeness (QED) is 0.266. The smallest absolute Gasteiger partial charge is 0.317 e. The molecule has 0 spiro atoms. The Morgan fingerprint density at radius 3 is 1.65 bits per heavy atom. The van der Waals surface area contributed by atoms with E-state index in [1.165, 1.54) is 0 Å². The number of hydrogen-bond acceptors (Lipinski definition) is 6. The van der Waals surface area contributed by atoms with Gasteiger partial charge in [0.15, 0.2) is 0 Å². The summed E-state index contributed by atoms with van der Waals surface area (Å²) >= 11 is 0. The molecule has 0 radical (unpaired) electrons. The van der Waals surface area contributed by atoms with Crippen LogP contribution in [0.3, 0.4) is 0 Å². The average Bonchev–Trinajstić information content (AvgIpc) is 2.20. The highest BCUT2D eigenvalue weighted by Gasteiger charge is 2.40. The first kappa shape index (κ1) is 17.8. The summed E-state index contributed by atoms with van der Waals surface area (Å²) in [7, 11) is 0. The molecule has 0 amide bonds. The molecule has 0 rings (SSSR count). The van der Waals surface area contributed by atoms with Gasteiger partial charge < -0.3 is 31.5 Å². The van der Waals surface area contributed by atoms with Crippen LogP contribution in [0.5, 0.6) is 0 Å². The molecule has 1 unspecified atom stereocenters. The highest BCUT2D eigenvalue weighted by atomic mass is 16.4. The Morgan fingerprint density at radius 1 is 0.900 bits per heavy atom. The summed E-state index contributed by atoms with van der Waals surface area (Å²) in [5.74, 6) is -5.51. The van der Waals surface area contributed by atoms with Crippen molar-refractivity contribution >= 4 is 23.9 Å². The van der Waals surface area contributed by atoms with Crippen LogP contribution in [-0.2, 0) is 19.2 Å². The van der Waals surface area contributed by atoms with Gasteiger partial charge in [-0.1, -0.05) is 0 Å². The molecule has 0 aromatic heterocycles. The molecule has 114 valence electrons. The van der Waals surface area contributed by atoms with Crippen molar-refractivity contribution in [3.63, 3.8) is 0 Å². The van der Waals surface area contributed by atoms with Gasteiger partial charge >= 0.3 is 23.9 Å². The van der Waals surface area contributed by atoms with Crippen LogP contribution in [0.15, 0.2) is 0 Å². The summed E-state index contributed by atoms with van der Waals surface area (Å²) in [4.78, 5) is 42.7. The number of carbonyl (C=O) groups is 4. The lowest BCUT2D eigenvalue weighted by molar-refractivity contribution is -0.145. The van der Waals surface area contributed by atoms with Crippen molar-refractivity contribution in [3.05, 3.63) is 0 Å². The highest BCUT2D eigenvalue weighted by molar-refractivity contribution is 5.75. The minimum atomic E-state index is -1.93. The van der Waals surface area contributed by atoms with Gasteiger partial charge in [-0.15, -0.1) is 0 Å². The summed E-state index contributed by atoms with van der Waals surface area (Å²) in [6, 6.07) is -1.32. The van der Waals surface area contributed by atoms with Crippen molar-refractivity contribution < 1.29 is 39.6 Å². The largest absolute Gasteiger partial charge is 0.481 e. The summed E-state index contributed by atoms with van der Waals surface area (Å²) in [6.07, 6.45) is -2.34.